The molecule has 2 N–H and O–H groups in total. The number of halogens is 1. The molecule has 0 saturated heterocycles. The fourth-order valence-corrected chi connectivity index (χ4v) is 2.63. The van der Waals surface area contributed by atoms with Crippen molar-refractivity contribution in [2.24, 2.45) is 0 Å². The molecule has 116 valence electrons. The molecular formula is C15H15ClN2O3S. The van der Waals surface area contributed by atoms with E-state index in [1.807, 2.05) is 17.5 Å². The van der Waals surface area contributed by atoms with E-state index in [2.05, 4.69) is 10.6 Å². The van der Waals surface area contributed by atoms with Crippen LogP contribution in [0.25, 0.3) is 0 Å². The maximum Gasteiger partial charge on any atom is 0.253 e. The van der Waals surface area contributed by atoms with Gasteiger partial charge in [0, 0.05) is 17.7 Å². The molecule has 5 nitrogen and oxygen atoms in total. The van der Waals surface area contributed by atoms with Crippen molar-refractivity contribution in [3.63, 3.8) is 0 Å². The van der Waals surface area contributed by atoms with Gasteiger partial charge < -0.3 is 15.4 Å². The Labute approximate surface area is 137 Å². The van der Waals surface area contributed by atoms with Gasteiger partial charge in [0.05, 0.1) is 17.1 Å². The third kappa shape index (κ3) is 4.56. The number of ether oxygens (including phenoxy) is 1. The lowest BCUT2D eigenvalue weighted by molar-refractivity contribution is -0.119. The molecule has 22 heavy (non-hydrogen) atoms. The number of amides is 2. The summed E-state index contributed by atoms with van der Waals surface area (Å²) >= 11 is 7.62. The summed E-state index contributed by atoms with van der Waals surface area (Å²) in [6.07, 6.45) is 0. The van der Waals surface area contributed by atoms with E-state index < -0.39 is 0 Å². The van der Waals surface area contributed by atoms with Gasteiger partial charge in [-0.3, -0.25) is 9.59 Å². The molecule has 1 aromatic carbocycles. The number of carbonyl (C=O) groups is 2. The molecule has 0 aliphatic rings. The summed E-state index contributed by atoms with van der Waals surface area (Å²) in [5.74, 6) is -0.587. The Morgan fingerprint density at radius 2 is 2.14 bits per heavy atom. The monoisotopic (exact) mass is 338 g/mol. The molecule has 0 spiro atoms. The highest BCUT2D eigenvalue weighted by Gasteiger charge is 2.12. The Hall–Kier alpha value is -1.89. The molecular weight excluding hydrogens is 324 g/mol. The van der Waals surface area contributed by atoms with Gasteiger partial charge in [-0.15, -0.1) is 11.3 Å². The van der Waals surface area contributed by atoms with Crippen molar-refractivity contribution in [1.29, 1.82) is 0 Å². The Balaban J connectivity index is 2.05. The van der Waals surface area contributed by atoms with Crippen molar-refractivity contribution >= 4 is 40.4 Å². The predicted molar refractivity (Wildman–Crippen MR) is 87.4 cm³/mol. The first-order valence-electron chi connectivity index (χ1n) is 6.49. The molecule has 0 bridgehead atoms. The molecule has 0 aliphatic carbocycles. The summed E-state index contributed by atoms with van der Waals surface area (Å²) in [7, 11) is 1.44. The average molecular weight is 339 g/mol. The lowest BCUT2D eigenvalue weighted by Crippen LogP contribution is -2.23. The quantitative estimate of drug-likeness (QED) is 0.851. The Morgan fingerprint density at radius 3 is 2.82 bits per heavy atom. The average Bonchev–Trinajstić information content (AvgIpc) is 3.00. The van der Waals surface area contributed by atoms with Crippen LogP contribution in [0.3, 0.4) is 0 Å². The van der Waals surface area contributed by atoms with Crippen LogP contribution < -0.4 is 10.6 Å². The fourth-order valence-electron chi connectivity index (χ4n) is 1.78. The number of hydrogen-bond donors (Lipinski definition) is 2. The van der Waals surface area contributed by atoms with Gasteiger partial charge in [-0.25, -0.2) is 0 Å². The topological polar surface area (TPSA) is 67.4 Å². The molecule has 1 heterocycles. The minimum atomic E-state index is -0.297. The number of carbonyl (C=O) groups excluding carboxylic acids is 2. The Kier molecular flexibility index (Phi) is 5.94. The number of hydrogen-bond acceptors (Lipinski definition) is 4. The van der Waals surface area contributed by atoms with E-state index in [-0.39, 0.29) is 18.4 Å². The lowest BCUT2D eigenvalue weighted by atomic mass is 10.2. The lowest BCUT2D eigenvalue weighted by Gasteiger charge is -2.09. The highest BCUT2D eigenvalue weighted by molar-refractivity contribution is 7.09. The number of anilines is 1. The molecule has 0 fully saturated rings. The molecule has 1 aromatic heterocycles. The first-order chi connectivity index (χ1) is 10.6. The van der Waals surface area contributed by atoms with Gasteiger partial charge in [0.1, 0.15) is 6.61 Å². The van der Waals surface area contributed by atoms with Crippen LogP contribution in [0.1, 0.15) is 15.2 Å². The minimum Gasteiger partial charge on any atom is -0.375 e. The van der Waals surface area contributed by atoms with E-state index in [4.69, 9.17) is 16.3 Å². The van der Waals surface area contributed by atoms with Crippen molar-refractivity contribution in [1.82, 2.24) is 5.32 Å². The van der Waals surface area contributed by atoms with Gasteiger partial charge in [0.2, 0.25) is 5.91 Å². The van der Waals surface area contributed by atoms with E-state index in [1.165, 1.54) is 7.11 Å². The summed E-state index contributed by atoms with van der Waals surface area (Å²) in [6, 6.07) is 8.61. The molecule has 7 heteroatoms. The van der Waals surface area contributed by atoms with Gasteiger partial charge in [-0.2, -0.15) is 0 Å². The Morgan fingerprint density at radius 1 is 1.32 bits per heavy atom. The van der Waals surface area contributed by atoms with Gasteiger partial charge in [0.15, 0.2) is 0 Å². The highest BCUT2D eigenvalue weighted by atomic mass is 35.5. The second-order valence-corrected chi connectivity index (χ2v) is 5.88. The van der Waals surface area contributed by atoms with Crippen LogP contribution in [0.4, 0.5) is 5.69 Å². The predicted octanol–water partition coefficient (Wildman–Crippen LogP) is 2.92. The van der Waals surface area contributed by atoms with E-state index >= 15 is 0 Å². The first kappa shape index (κ1) is 16.5. The van der Waals surface area contributed by atoms with E-state index in [9.17, 15) is 9.59 Å². The molecule has 0 saturated carbocycles. The van der Waals surface area contributed by atoms with Crippen LogP contribution in [0.15, 0.2) is 35.7 Å². The minimum absolute atomic E-state index is 0.0530. The molecule has 0 atom stereocenters. The third-order valence-corrected chi connectivity index (χ3v) is 3.98. The molecule has 2 amide bonds. The zero-order chi connectivity index (χ0) is 15.9. The maximum absolute atomic E-state index is 12.2. The van der Waals surface area contributed by atoms with Crippen molar-refractivity contribution < 1.29 is 14.3 Å². The van der Waals surface area contributed by atoms with Crippen LogP contribution in [-0.2, 0) is 16.1 Å². The summed E-state index contributed by atoms with van der Waals surface area (Å²) < 4.78 is 4.74. The number of thiophene rings is 1. The van der Waals surface area contributed by atoms with Crippen LogP contribution in [0, 0.1) is 0 Å². The standard InChI is InChI=1S/C15H15ClN2O3S/c1-21-9-14(19)18-10-4-5-13(16)12(7-10)15(20)17-8-11-3-2-6-22-11/h2-7H,8-9H2,1H3,(H,17,20)(H,18,19). The summed E-state index contributed by atoms with van der Waals surface area (Å²) in [4.78, 5) is 24.7. The second-order valence-electron chi connectivity index (χ2n) is 4.44. The number of nitrogens with one attached hydrogen (secondary N) is 2. The third-order valence-electron chi connectivity index (χ3n) is 2.77. The maximum atomic E-state index is 12.2. The van der Waals surface area contributed by atoms with Crippen molar-refractivity contribution in [2.45, 2.75) is 6.54 Å². The summed E-state index contributed by atoms with van der Waals surface area (Å²) in [6.45, 7) is 0.385. The van der Waals surface area contributed by atoms with Crippen LogP contribution in [0.5, 0.6) is 0 Å². The van der Waals surface area contributed by atoms with E-state index in [1.54, 1.807) is 29.5 Å². The van der Waals surface area contributed by atoms with Crippen LogP contribution >= 0.6 is 22.9 Å². The molecule has 0 unspecified atom stereocenters. The summed E-state index contributed by atoms with van der Waals surface area (Å²) in [5.41, 5.74) is 0.807. The van der Waals surface area contributed by atoms with Gasteiger partial charge in [-0.05, 0) is 29.6 Å². The largest absolute Gasteiger partial charge is 0.375 e. The second kappa shape index (κ2) is 7.93. The van der Waals surface area contributed by atoms with Gasteiger partial charge in [0.25, 0.3) is 5.91 Å². The fraction of sp³-hybridized carbons (Fsp3) is 0.200. The van der Waals surface area contributed by atoms with Crippen molar-refractivity contribution in [2.75, 3.05) is 19.0 Å². The van der Waals surface area contributed by atoms with Crippen LogP contribution in [0.2, 0.25) is 5.02 Å². The van der Waals surface area contributed by atoms with Crippen LogP contribution in [-0.4, -0.2) is 25.5 Å². The number of rotatable bonds is 6. The van der Waals surface area contributed by atoms with Gasteiger partial charge >= 0.3 is 0 Å². The number of methoxy groups -OCH3 is 1. The van der Waals surface area contributed by atoms with Crippen molar-refractivity contribution in [3.8, 4) is 0 Å². The molecule has 2 rings (SSSR count). The molecule has 2 aromatic rings. The normalized spacial score (nSPS) is 10.3. The van der Waals surface area contributed by atoms with E-state index in [0.717, 1.165) is 4.88 Å². The number of benzene rings is 1. The highest BCUT2D eigenvalue weighted by Crippen LogP contribution is 2.21. The smallest absolute Gasteiger partial charge is 0.253 e. The van der Waals surface area contributed by atoms with E-state index in [0.29, 0.717) is 22.8 Å². The Bertz CT molecular complexity index is 659. The summed E-state index contributed by atoms with van der Waals surface area (Å²) in [5, 5.41) is 7.70. The zero-order valence-electron chi connectivity index (χ0n) is 11.9. The van der Waals surface area contributed by atoms with Crippen molar-refractivity contribution in [3.05, 3.63) is 51.2 Å². The molecule has 0 aliphatic heterocycles. The molecule has 0 radical (unpaired) electrons. The SMILES string of the molecule is COCC(=O)Nc1ccc(Cl)c(C(=O)NCc2cccs2)c1. The van der Waals surface area contributed by atoms with Gasteiger partial charge in [-0.1, -0.05) is 17.7 Å². The zero-order valence-corrected chi connectivity index (χ0v) is 13.5. The first-order valence-corrected chi connectivity index (χ1v) is 7.75.